The van der Waals surface area contributed by atoms with E-state index in [4.69, 9.17) is 9.47 Å². The zero-order chi connectivity index (χ0) is 16.6. The second-order valence-electron chi connectivity index (χ2n) is 5.61. The van der Waals surface area contributed by atoms with E-state index < -0.39 is 0 Å². The molecular formula is C18H18BrNO3. The van der Waals surface area contributed by atoms with Gasteiger partial charge in [-0.05, 0) is 35.7 Å². The molecule has 0 aromatic heterocycles. The number of nitrogens with one attached hydrogen (secondary N) is 1. The van der Waals surface area contributed by atoms with Crippen LogP contribution in [0.2, 0.25) is 0 Å². The predicted molar refractivity (Wildman–Crippen MR) is 93.5 cm³/mol. The number of fused-ring (bicyclic) bond motifs is 1. The molecule has 2 aromatic rings. The minimum atomic E-state index is -0.00421. The summed E-state index contributed by atoms with van der Waals surface area (Å²) in [6.45, 7) is 2.04. The highest BCUT2D eigenvalue weighted by molar-refractivity contribution is 9.10. The smallest absolute Gasteiger partial charge is 0.225 e. The van der Waals surface area contributed by atoms with Crippen LogP contribution in [0.25, 0.3) is 0 Å². The minimum Gasteiger partial charge on any atom is -0.493 e. The summed E-state index contributed by atoms with van der Waals surface area (Å²) in [4.78, 5) is 12.1. The van der Waals surface area contributed by atoms with Gasteiger partial charge in [-0.15, -0.1) is 0 Å². The maximum Gasteiger partial charge on any atom is 0.225 e. The maximum absolute atomic E-state index is 12.1. The first-order chi connectivity index (χ1) is 11.0. The van der Waals surface area contributed by atoms with Crippen LogP contribution < -0.4 is 14.8 Å². The standard InChI is InChI=1S/C18H18BrNO3/c1-10-4-5-11(6-14(10)19)12-8-18(21)20-15-9-17(23-3)16(22-2)7-13(12)15/h4-7,9,12H,8H2,1-3H3,(H,20,21). The highest BCUT2D eigenvalue weighted by atomic mass is 79.9. The lowest BCUT2D eigenvalue weighted by Gasteiger charge is -2.27. The summed E-state index contributed by atoms with van der Waals surface area (Å²) in [5.74, 6) is 1.28. The highest BCUT2D eigenvalue weighted by Crippen LogP contribution is 2.43. The molecular weight excluding hydrogens is 358 g/mol. The molecule has 0 spiro atoms. The van der Waals surface area contributed by atoms with Crippen LogP contribution in [0.4, 0.5) is 5.69 Å². The van der Waals surface area contributed by atoms with Crippen LogP contribution >= 0.6 is 15.9 Å². The SMILES string of the molecule is COc1cc2c(cc1OC)C(c1ccc(C)c(Br)c1)CC(=O)N2. The fourth-order valence-electron chi connectivity index (χ4n) is 2.91. The third kappa shape index (κ3) is 2.93. The number of methoxy groups -OCH3 is 2. The number of hydrogen-bond donors (Lipinski definition) is 1. The van der Waals surface area contributed by atoms with Gasteiger partial charge in [-0.3, -0.25) is 4.79 Å². The number of ether oxygens (including phenoxy) is 2. The van der Waals surface area contributed by atoms with Crippen molar-refractivity contribution >= 4 is 27.5 Å². The molecule has 1 amide bonds. The normalized spacial score (nSPS) is 16.5. The van der Waals surface area contributed by atoms with E-state index >= 15 is 0 Å². The number of halogens is 1. The van der Waals surface area contributed by atoms with Gasteiger partial charge in [0.05, 0.1) is 14.2 Å². The summed E-state index contributed by atoms with van der Waals surface area (Å²) < 4.78 is 11.8. The van der Waals surface area contributed by atoms with Crippen molar-refractivity contribution in [1.82, 2.24) is 0 Å². The molecule has 2 aromatic carbocycles. The number of amides is 1. The molecule has 1 atom stereocenters. The molecule has 23 heavy (non-hydrogen) atoms. The molecule has 3 rings (SSSR count). The molecule has 0 fully saturated rings. The molecule has 1 aliphatic heterocycles. The number of hydrogen-bond acceptors (Lipinski definition) is 3. The largest absolute Gasteiger partial charge is 0.493 e. The Hall–Kier alpha value is -2.01. The molecule has 0 aliphatic carbocycles. The van der Waals surface area contributed by atoms with Crippen molar-refractivity contribution in [2.75, 3.05) is 19.5 Å². The van der Waals surface area contributed by atoms with E-state index in [0.717, 1.165) is 21.3 Å². The topological polar surface area (TPSA) is 47.6 Å². The van der Waals surface area contributed by atoms with Gasteiger partial charge in [0.25, 0.3) is 0 Å². The average Bonchev–Trinajstić information content (AvgIpc) is 2.55. The van der Waals surface area contributed by atoms with Gasteiger partial charge in [-0.1, -0.05) is 28.1 Å². The van der Waals surface area contributed by atoms with E-state index in [1.54, 1.807) is 14.2 Å². The molecule has 1 aliphatic rings. The molecule has 120 valence electrons. The fraction of sp³-hybridized carbons (Fsp3) is 0.278. The Morgan fingerprint density at radius 2 is 1.83 bits per heavy atom. The van der Waals surface area contributed by atoms with Gasteiger partial charge in [0, 0.05) is 28.6 Å². The average molecular weight is 376 g/mol. The number of rotatable bonds is 3. The van der Waals surface area contributed by atoms with Crippen molar-refractivity contribution in [3.05, 3.63) is 51.5 Å². The second-order valence-corrected chi connectivity index (χ2v) is 6.46. The Morgan fingerprint density at radius 1 is 1.13 bits per heavy atom. The number of carbonyl (C=O) groups excluding carboxylic acids is 1. The van der Waals surface area contributed by atoms with Crippen molar-refractivity contribution in [1.29, 1.82) is 0 Å². The lowest BCUT2D eigenvalue weighted by molar-refractivity contribution is -0.116. The van der Waals surface area contributed by atoms with Crippen molar-refractivity contribution < 1.29 is 14.3 Å². The van der Waals surface area contributed by atoms with E-state index in [9.17, 15) is 4.79 Å². The summed E-state index contributed by atoms with van der Waals surface area (Å²) in [6, 6.07) is 9.99. The van der Waals surface area contributed by atoms with Gasteiger partial charge in [0.2, 0.25) is 5.91 Å². The third-order valence-corrected chi connectivity index (χ3v) is 5.05. The minimum absolute atomic E-state index is 0.00421. The van der Waals surface area contributed by atoms with E-state index in [-0.39, 0.29) is 11.8 Å². The van der Waals surface area contributed by atoms with Crippen molar-refractivity contribution in [2.45, 2.75) is 19.3 Å². The van der Waals surface area contributed by atoms with Crippen molar-refractivity contribution in [3.8, 4) is 11.5 Å². The lowest BCUT2D eigenvalue weighted by atomic mass is 9.84. The second kappa shape index (κ2) is 6.24. The monoisotopic (exact) mass is 375 g/mol. The molecule has 1 unspecified atom stereocenters. The van der Waals surface area contributed by atoms with Crippen LogP contribution in [0.15, 0.2) is 34.8 Å². The van der Waals surface area contributed by atoms with Gasteiger partial charge in [0.1, 0.15) is 0 Å². The number of aryl methyl sites for hydroxylation is 1. The van der Waals surface area contributed by atoms with E-state index in [1.807, 2.05) is 19.1 Å². The van der Waals surface area contributed by atoms with Crippen LogP contribution in [0, 0.1) is 6.92 Å². The Bertz CT molecular complexity index is 773. The molecule has 4 nitrogen and oxygen atoms in total. The van der Waals surface area contributed by atoms with Gasteiger partial charge in [-0.25, -0.2) is 0 Å². The van der Waals surface area contributed by atoms with Crippen molar-refractivity contribution in [2.24, 2.45) is 0 Å². The summed E-state index contributed by atoms with van der Waals surface area (Å²) in [5, 5.41) is 2.93. The van der Waals surface area contributed by atoms with Gasteiger partial charge in [0.15, 0.2) is 11.5 Å². The van der Waals surface area contributed by atoms with Gasteiger partial charge < -0.3 is 14.8 Å². The van der Waals surface area contributed by atoms with Crippen LogP contribution in [-0.2, 0) is 4.79 Å². The Morgan fingerprint density at radius 3 is 2.48 bits per heavy atom. The van der Waals surface area contributed by atoms with Crippen LogP contribution in [0.3, 0.4) is 0 Å². The zero-order valence-corrected chi connectivity index (χ0v) is 14.9. The maximum atomic E-state index is 12.1. The first-order valence-corrected chi connectivity index (χ1v) is 8.14. The summed E-state index contributed by atoms with van der Waals surface area (Å²) in [5.41, 5.74) is 4.09. The number of anilines is 1. The van der Waals surface area contributed by atoms with Crippen LogP contribution in [0.1, 0.15) is 29.0 Å². The van der Waals surface area contributed by atoms with E-state index in [1.165, 1.54) is 5.56 Å². The predicted octanol–water partition coefficient (Wildman–Crippen LogP) is 4.25. The van der Waals surface area contributed by atoms with Gasteiger partial charge in [-0.2, -0.15) is 0 Å². The first-order valence-electron chi connectivity index (χ1n) is 7.35. The Balaban J connectivity index is 2.13. The molecule has 1 heterocycles. The van der Waals surface area contributed by atoms with Crippen LogP contribution in [0.5, 0.6) is 11.5 Å². The number of benzene rings is 2. The lowest BCUT2D eigenvalue weighted by Crippen LogP contribution is -2.23. The highest BCUT2D eigenvalue weighted by Gasteiger charge is 2.28. The molecule has 5 heteroatoms. The van der Waals surface area contributed by atoms with E-state index in [2.05, 4.69) is 39.4 Å². The molecule has 0 saturated heterocycles. The molecule has 0 radical (unpaired) electrons. The third-order valence-electron chi connectivity index (χ3n) is 4.19. The Labute approximate surface area is 143 Å². The molecule has 0 bridgehead atoms. The Kier molecular flexibility index (Phi) is 4.31. The summed E-state index contributed by atoms with van der Waals surface area (Å²) in [7, 11) is 3.20. The quantitative estimate of drug-likeness (QED) is 0.871. The molecule has 1 N–H and O–H groups in total. The first kappa shape index (κ1) is 15.9. The summed E-state index contributed by atoms with van der Waals surface area (Å²) in [6.07, 6.45) is 0.415. The van der Waals surface area contributed by atoms with Crippen LogP contribution in [-0.4, -0.2) is 20.1 Å². The van der Waals surface area contributed by atoms with Gasteiger partial charge >= 0.3 is 0 Å². The van der Waals surface area contributed by atoms with E-state index in [0.29, 0.717) is 17.9 Å². The fourth-order valence-corrected chi connectivity index (χ4v) is 3.31. The molecule has 0 saturated carbocycles. The van der Waals surface area contributed by atoms with Crippen molar-refractivity contribution in [3.63, 3.8) is 0 Å². The number of carbonyl (C=O) groups is 1. The zero-order valence-electron chi connectivity index (χ0n) is 13.3. The summed E-state index contributed by atoms with van der Waals surface area (Å²) >= 11 is 3.57.